The molecule has 1 aliphatic carbocycles. The van der Waals surface area contributed by atoms with Crippen molar-refractivity contribution in [2.75, 3.05) is 13.7 Å². The molecule has 2 amide bonds. The van der Waals surface area contributed by atoms with Gasteiger partial charge in [0.2, 0.25) is 0 Å². The summed E-state index contributed by atoms with van der Waals surface area (Å²) in [5, 5.41) is 4.42. The third-order valence-electron chi connectivity index (χ3n) is 6.38. The molecule has 1 aliphatic heterocycles. The van der Waals surface area contributed by atoms with E-state index >= 15 is 0 Å². The molecule has 0 bridgehead atoms. The Morgan fingerprint density at radius 3 is 2.90 bits per heavy atom. The first-order valence-electron chi connectivity index (χ1n) is 11.2. The molecule has 3 heterocycles. The number of aryl methyl sites for hydroxylation is 1. The van der Waals surface area contributed by atoms with E-state index in [0.717, 1.165) is 36.3 Å². The van der Waals surface area contributed by atoms with Crippen molar-refractivity contribution in [1.82, 2.24) is 14.8 Å². The van der Waals surface area contributed by atoms with Gasteiger partial charge in [0.05, 0.1) is 25.4 Å². The van der Waals surface area contributed by atoms with Crippen LogP contribution in [0.15, 0.2) is 42.6 Å². The number of methoxy groups -OCH3 is 1. The van der Waals surface area contributed by atoms with Crippen molar-refractivity contribution in [3.63, 3.8) is 0 Å². The van der Waals surface area contributed by atoms with Gasteiger partial charge in [-0.15, -0.1) is 11.3 Å². The van der Waals surface area contributed by atoms with E-state index in [1.165, 1.54) is 33.8 Å². The standard InChI is InChI=1S/C25H29N3O2S/c1-3-13-26-25(29)28-16-20-19-10-4-5-12-22(19)31-24(20)27-14-7-11-21(27)23(28)17-8-6-9-18(15-17)30-2/h6-9,11,14-15,23H,3-5,10,12-13,16H2,1-2H3,(H,26,29)/t23-/m1/s1. The summed E-state index contributed by atoms with van der Waals surface area (Å²) in [5.74, 6) is 0.806. The molecular weight excluding hydrogens is 406 g/mol. The molecule has 31 heavy (non-hydrogen) atoms. The van der Waals surface area contributed by atoms with Crippen molar-refractivity contribution < 1.29 is 9.53 Å². The topological polar surface area (TPSA) is 46.5 Å². The fraction of sp³-hybridized carbons (Fsp3) is 0.400. The fourth-order valence-electron chi connectivity index (χ4n) is 4.88. The van der Waals surface area contributed by atoms with Crippen LogP contribution in [0.2, 0.25) is 0 Å². The van der Waals surface area contributed by atoms with Gasteiger partial charge in [-0.25, -0.2) is 4.79 Å². The van der Waals surface area contributed by atoms with Crippen LogP contribution in [0.3, 0.4) is 0 Å². The Morgan fingerprint density at radius 1 is 1.19 bits per heavy atom. The summed E-state index contributed by atoms with van der Waals surface area (Å²) in [5.41, 5.74) is 4.99. The highest BCUT2D eigenvalue weighted by atomic mass is 32.1. The highest BCUT2D eigenvalue weighted by molar-refractivity contribution is 7.15. The van der Waals surface area contributed by atoms with Gasteiger partial charge in [-0.1, -0.05) is 19.1 Å². The number of hydrogen-bond donors (Lipinski definition) is 1. The van der Waals surface area contributed by atoms with Gasteiger partial charge < -0.3 is 19.5 Å². The molecule has 5 nitrogen and oxygen atoms in total. The van der Waals surface area contributed by atoms with Gasteiger partial charge in [0.15, 0.2) is 0 Å². The van der Waals surface area contributed by atoms with E-state index in [0.29, 0.717) is 13.1 Å². The van der Waals surface area contributed by atoms with E-state index in [4.69, 9.17) is 4.74 Å². The minimum Gasteiger partial charge on any atom is -0.497 e. The quantitative estimate of drug-likeness (QED) is 0.592. The maximum absolute atomic E-state index is 13.5. The Kier molecular flexibility index (Phi) is 5.48. The molecule has 2 aromatic heterocycles. The van der Waals surface area contributed by atoms with Gasteiger partial charge in [0, 0.05) is 23.2 Å². The first kappa shape index (κ1) is 20.2. The van der Waals surface area contributed by atoms with Crippen LogP contribution in [-0.4, -0.2) is 29.2 Å². The molecule has 2 aliphatic rings. The van der Waals surface area contributed by atoms with Crippen LogP contribution in [0.1, 0.15) is 59.5 Å². The summed E-state index contributed by atoms with van der Waals surface area (Å²) in [4.78, 5) is 17.0. The van der Waals surface area contributed by atoms with E-state index in [9.17, 15) is 4.79 Å². The number of hydrogen-bond acceptors (Lipinski definition) is 3. The molecule has 3 aromatic rings. The third kappa shape index (κ3) is 3.53. The fourth-order valence-corrected chi connectivity index (χ4v) is 6.29. The number of nitrogens with one attached hydrogen (secondary N) is 1. The van der Waals surface area contributed by atoms with Gasteiger partial charge in [0.25, 0.3) is 0 Å². The molecule has 0 saturated heterocycles. The largest absolute Gasteiger partial charge is 0.497 e. The van der Waals surface area contributed by atoms with Gasteiger partial charge in [-0.05, 0) is 67.5 Å². The van der Waals surface area contributed by atoms with Crippen LogP contribution < -0.4 is 10.1 Å². The second kappa shape index (κ2) is 8.42. The van der Waals surface area contributed by atoms with Crippen LogP contribution in [0.25, 0.3) is 5.00 Å². The van der Waals surface area contributed by atoms with Gasteiger partial charge in [-0.2, -0.15) is 0 Å². The smallest absolute Gasteiger partial charge is 0.318 e. The average Bonchev–Trinajstić information content (AvgIpc) is 3.39. The molecule has 0 radical (unpaired) electrons. The second-order valence-corrected chi connectivity index (χ2v) is 9.42. The lowest BCUT2D eigenvalue weighted by atomic mass is 9.95. The van der Waals surface area contributed by atoms with Crippen molar-refractivity contribution in [1.29, 1.82) is 0 Å². The van der Waals surface area contributed by atoms with Gasteiger partial charge in [-0.3, -0.25) is 0 Å². The molecule has 6 heteroatoms. The molecule has 0 saturated carbocycles. The van der Waals surface area contributed by atoms with Gasteiger partial charge in [0.1, 0.15) is 10.8 Å². The predicted octanol–water partition coefficient (Wildman–Crippen LogP) is 5.45. The maximum Gasteiger partial charge on any atom is 0.318 e. The van der Waals surface area contributed by atoms with Crippen LogP contribution in [0.5, 0.6) is 5.75 Å². The molecule has 0 unspecified atom stereocenters. The highest BCUT2D eigenvalue weighted by Gasteiger charge is 2.36. The zero-order valence-electron chi connectivity index (χ0n) is 18.2. The molecule has 1 atom stereocenters. The SMILES string of the molecule is CCCNC(=O)N1Cc2c(sc3c2CCCC3)-n2cccc2[C@H]1c1cccc(OC)c1. The number of ether oxygens (including phenoxy) is 1. The van der Waals surface area contributed by atoms with Crippen molar-refractivity contribution in [3.05, 3.63) is 69.9 Å². The van der Waals surface area contributed by atoms with Crippen LogP contribution >= 0.6 is 11.3 Å². The van der Waals surface area contributed by atoms with Crippen molar-refractivity contribution in [2.45, 2.75) is 51.6 Å². The molecule has 0 fully saturated rings. The van der Waals surface area contributed by atoms with E-state index < -0.39 is 0 Å². The summed E-state index contributed by atoms with van der Waals surface area (Å²) in [6.07, 6.45) is 7.83. The average molecular weight is 436 g/mol. The lowest BCUT2D eigenvalue weighted by molar-refractivity contribution is 0.180. The number of amides is 2. The van der Waals surface area contributed by atoms with E-state index in [-0.39, 0.29) is 12.1 Å². The number of urea groups is 1. The zero-order chi connectivity index (χ0) is 21.4. The second-order valence-electron chi connectivity index (χ2n) is 8.34. The number of carbonyl (C=O) groups is 1. The first-order chi connectivity index (χ1) is 15.2. The predicted molar refractivity (Wildman–Crippen MR) is 124 cm³/mol. The Balaban J connectivity index is 1.68. The monoisotopic (exact) mass is 435 g/mol. The maximum atomic E-state index is 13.5. The first-order valence-corrected chi connectivity index (χ1v) is 12.0. The van der Waals surface area contributed by atoms with Crippen LogP contribution in [-0.2, 0) is 19.4 Å². The number of carbonyl (C=O) groups excluding carboxylic acids is 1. The summed E-state index contributed by atoms with van der Waals surface area (Å²) in [6.45, 7) is 3.39. The van der Waals surface area contributed by atoms with E-state index in [2.05, 4.69) is 47.3 Å². The van der Waals surface area contributed by atoms with Crippen LogP contribution in [0.4, 0.5) is 4.79 Å². The van der Waals surface area contributed by atoms with E-state index in [1.54, 1.807) is 7.11 Å². The minimum absolute atomic E-state index is 0.00831. The normalized spacial score (nSPS) is 17.4. The Bertz CT molecular complexity index is 1100. The van der Waals surface area contributed by atoms with Crippen LogP contribution in [0, 0.1) is 0 Å². The lowest BCUT2D eigenvalue weighted by Crippen LogP contribution is -2.42. The summed E-state index contributed by atoms with van der Waals surface area (Å²) in [6, 6.07) is 12.2. The molecule has 5 rings (SSSR count). The summed E-state index contributed by atoms with van der Waals surface area (Å²) < 4.78 is 7.82. The molecule has 1 N–H and O–H groups in total. The summed E-state index contributed by atoms with van der Waals surface area (Å²) in [7, 11) is 1.68. The molecule has 1 aromatic carbocycles. The Morgan fingerprint density at radius 2 is 2.06 bits per heavy atom. The van der Waals surface area contributed by atoms with Crippen molar-refractivity contribution in [3.8, 4) is 10.8 Å². The number of rotatable bonds is 4. The van der Waals surface area contributed by atoms with Crippen molar-refractivity contribution >= 4 is 17.4 Å². The number of nitrogens with zero attached hydrogens (tertiary/aromatic N) is 2. The molecule has 0 spiro atoms. The highest BCUT2D eigenvalue weighted by Crippen LogP contribution is 2.44. The number of fused-ring (bicyclic) bond motifs is 5. The zero-order valence-corrected chi connectivity index (χ0v) is 19.0. The summed E-state index contributed by atoms with van der Waals surface area (Å²) >= 11 is 1.91. The molecular formula is C25H29N3O2S. The number of benzene rings is 1. The third-order valence-corrected chi connectivity index (χ3v) is 7.71. The van der Waals surface area contributed by atoms with Gasteiger partial charge >= 0.3 is 6.03 Å². The van der Waals surface area contributed by atoms with E-state index in [1.807, 2.05) is 28.4 Å². The number of thiophene rings is 1. The minimum atomic E-state index is -0.180. The number of aromatic nitrogens is 1. The Hall–Kier alpha value is -2.73. The molecule has 162 valence electrons. The lowest BCUT2D eigenvalue weighted by Gasteiger charge is -2.31. The Labute approximate surface area is 187 Å². The van der Waals surface area contributed by atoms with Crippen molar-refractivity contribution in [2.24, 2.45) is 0 Å².